The molecule has 1 aliphatic rings. The van der Waals surface area contributed by atoms with E-state index in [-0.39, 0.29) is 24.1 Å². The molecular weight excluding hydrogens is 320 g/mol. The first-order chi connectivity index (χ1) is 12.2. The SMILES string of the molecule is CCOCC(=O)N[C@H]1CCc2c(ccc(=O)n2CCn2cccn2)C1. The van der Waals surface area contributed by atoms with Gasteiger partial charge in [-0.2, -0.15) is 5.10 Å². The molecule has 0 aromatic carbocycles. The van der Waals surface area contributed by atoms with Gasteiger partial charge < -0.3 is 14.6 Å². The van der Waals surface area contributed by atoms with E-state index in [0.29, 0.717) is 19.7 Å². The van der Waals surface area contributed by atoms with Gasteiger partial charge in [0.05, 0.1) is 6.54 Å². The van der Waals surface area contributed by atoms with E-state index in [2.05, 4.69) is 10.4 Å². The molecule has 3 rings (SSSR count). The Hall–Kier alpha value is -2.41. The van der Waals surface area contributed by atoms with Crippen molar-refractivity contribution in [3.8, 4) is 0 Å². The highest BCUT2D eigenvalue weighted by atomic mass is 16.5. The number of ether oxygens (including phenoxy) is 1. The van der Waals surface area contributed by atoms with Crippen LogP contribution in [0.25, 0.3) is 0 Å². The fraction of sp³-hybridized carbons (Fsp3) is 0.500. The zero-order chi connectivity index (χ0) is 17.6. The zero-order valence-electron chi connectivity index (χ0n) is 14.5. The highest BCUT2D eigenvalue weighted by molar-refractivity contribution is 5.77. The van der Waals surface area contributed by atoms with Gasteiger partial charge in [-0.3, -0.25) is 14.3 Å². The molecule has 2 heterocycles. The summed E-state index contributed by atoms with van der Waals surface area (Å²) in [5.74, 6) is -0.0812. The third-order valence-electron chi connectivity index (χ3n) is 4.50. The van der Waals surface area contributed by atoms with Gasteiger partial charge in [0, 0.05) is 43.3 Å². The standard InChI is InChI=1S/C18H24N4O3/c1-2-25-13-17(23)20-15-5-6-16-14(12-15)4-7-18(24)22(16)11-10-21-9-3-8-19-21/h3-4,7-9,15H,2,5-6,10-13H2,1H3,(H,20,23)/t15-/m0/s1. The number of carbonyl (C=O) groups excluding carboxylic acids is 1. The summed E-state index contributed by atoms with van der Waals surface area (Å²) in [5.41, 5.74) is 2.23. The molecule has 0 bridgehead atoms. The lowest BCUT2D eigenvalue weighted by atomic mass is 9.91. The Bertz CT molecular complexity index is 767. The van der Waals surface area contributed by atoms with Crippen molar-refractivity contribution in [1.29, 1.82) is 0 Å². The number of hydrogen-bond acceptors (Lipinski definition) is 4. The number of rotatable bonds is 7. The van der Waals surface area contributed by atoms with Crippen LogP contribution in [-0.2, 0) is 35.5 Å². The topological polar surface area (TPSA) is 78.1 Å². The van der Waals surface area contributed by atoms with Crippen LogP contribution in [-0.4, -0.2) is 39.5 Å². The quantitative estimate of drug-likeness (QED) is 0.804. The number of aromatic nitrogens is 3. The number of carbonyl (C=O) groups is 1. The summed E-state index contributed by atoms with van der Waals surface area (Å²) in [5, 5.41) is 7.20. The van der Waals surface area contributed by atoms with E-state index in [1.807, 2.05) is 34.5 Å². The number of hydrogen-bond donors (Lipinski definition) is 1. The van der Waals surface area contributed by atoms with Crippen LogP contribution >= 0.6 is 0 Å². The van der Waals surface area contributed by atoms with E-state index in [1.54, 1.807) is 12.3 Å². The van der Waals surface area contributed by atoms with Crippen molar-refractivity contribution in [3.05, 3.63) is 52.2 Å². The monoisotopic (exact) mass is 344 g/mol. The molecule has 1 atom stereocenters. The van der Waals surface area contributed by atoms with Gasteiger partial charge in [-0.25, -0.2) is 0 Å². The van der Waals surface area contributed by atoms with Gasteiger partial charge in [-0.05, 0) is 37.8 Å². The lowest BCUT2D eigenvalue weighted by Gasteiger charge is -2.27. The second kappa shape index (κ2) is 8.11. The third kappa shape index (κ3) is 4.36. The molecule has 2 aromatic rings. The Morgan fingerprint density at radius 1 is 1.40 bits per heavy atom. The number of aryl methyl sites for hydroxylation is 1. The molecule has 1 aliphatic carbocycles. The molecule has 1 N–H and O–H groups in total. The molecule has 1 amide bonds. The fourth-order valence-electron chi connectivity index (χ4n) is 3.29. The van der Waals surface area contributed by atoms with Crippen LogP contribution < -0.4 is 10.9 Å². The summed E-state index contributed by atoms with van der Waals surface area (Å²) in [6.45, 7) is 3.77. The molecule has 0 unspecified atom stereocenters. The zero-order valence-corrected chi connectivity index (χ0v) is 14.5. The summed E-state index contributed by atoms with van der Waals surface area (Å²) in [6.07, 6.45) is 5.98. The van der Waals surface area contributed by atoms with Gasteiger partial charge in [-0.15, -0.1) is 0 Å². The highest BCUT2D eigenvalue weighted by Gasteiger charge is 2.22. The smallest absolute Gasteiger partial charge is 0.250 e. The van der Waals surface area contributed by atoms with Gasteiger partial charge in [0.2, 0.25) is 5.91 Å². The average molecular weight is 344 g/mol. The minimum Gasteiger partial charge on any atom is -0.372 e. The lowest BCUT2D eigenvalue weighted by molar-refractivity contribution is -0.126. The van der Waals surface area contributed by atoms with E-state index in [4.69, 9.17) is 4.74 Å². The van der Waals surface area contributed by atoms with Crippen LogP contribution in [0.5, 0.6) is 0 Å². The van der Waals surface area contributed by atoms with E-state index in [9.17, 15) is 9.59 Å². The van der Waals surface area contributed by atoms with Crippen molar-refractivity contribution in [2.45, 2.75) is 45.3 Å². The molecule has 0 aliphatic heterocycles. The Kier molecular flexibility index (Phi) is 5.65. The second-order valence-corrected chi connectivity index (χ2v) is 6.21. The van der Waals surface area contributed by atoms with Crippen LogP contribution in [0.3, 0.4) is 0 Å². The van der Waals surface area contributed by atoms with Gasteiger partial charge in [-0.1, -0.05) is 6.07 Å². The number of fused-ring (bicyclic) bond motifs is 1. The number of nitrogens with zero attached hydrogens (tertiary/aromatic N) is 3. The van der Waals surface area contributed by atoms with Crippen LogP contribution in [0, 0.1) is 0 Å². The van der Waals surface area contributed by atoms with Crippen molar-refractivity contribution < 1.29 is 9.53 Å². The molecule has 25 heavy (non-hydrogen) atoms. The molecule has 134 valence electrons. The predicted octanol–water partition coefficient (Wildman–Crippen LogP) is 0.755. The molecule has 7 heteroatoms. The third-order valence-corrected chi connectivity index (χ3v) is 4.50. The largest absolute Gasteiger partial charge is 0.372 e. The van der Waals surface area contributed by atoms with E-state index >= 15 is 0 Å². The van der Waals surface area contributed by atoms with Crippen molar-refractivity contribution >= 4 is 5.91 Å². The number of nitrogens with one attached hydrogen (secondary N) is 1. The Morgan fingerprint density at radius 3 is 3.04 bits per heavy atom. The first-order valence-corrected chi connectivity index (χ1v) is 8.73. The van der Waals surface area contributed by atoms with Crippen molar-refractivity contribution in [3.63, 3.8) is 0 Å². The van der Waals surface area contributed by atoms with Gasteiger partial charge in [0.1, 0.15) is 6.61 Å². The molecule has 0 saturated heterocycles. The van der Waals surface area contributed by atoms with Gasteiger partial charge in [0.25, 0.3) is 5.56 Å². The maximum atomic E-state index is 12.3. The fourth-order valence-corrected chi connectivity index (χ4v) is 3.29. The van der Waals surface area contributed by atoms with Crippen LogP contribution in [0.2, 0.25) is 0 Å². The van der Waals surface area contributed by atoms with Gasteiger partial charge >= 0.3 is 0 Å². The Labute approximate surface area is 146 Å². The molecule has 0 spiro atoms. The predicted molar refractivity (Wildman–Crippen MR) is 93.4 cm³/mol. The normalized spacial score (nSPS) is 16.4. The van der Waals surface area contributed by atoms with Crippen LogP contribution in [0.1, 0.15) is 24.6 Å². The number of amides is 1. The van der Waals surface area contributed by atoms with Crippen LogP contribution in [0.15, 0.2) is 35.4 Å². The summed E-state index contributed by atoms with van der Waals surface area (Å²) in [4.78, 5) is 24.1. The molecule has 7 nitrogen and oxygen atoms in total. The Morgan fingerprint density at radius 2 is 2.28 bits per heavy atom. The van der Waals surface area contributed by atoms with Crippen molar-refractivity contribution in [2.24, 2.45) is 0 Å². The maximum absolute atomic E-state index is 12.3. The average Bonchev–Trinajstić information content (AvgIpc) is 3.12. The minimum atomic E-state index is -0.0812. The van der Waals surface area contributed by atoms with Crippen LogP contribution in [0.4, 0.5) is 0 Å². The lowest BCUT2D eigenvalue weighted by Crippen LogP contribution is -2.42. The molecular formula is C18H24N4O3. The summed E-state index contributed by atoms with van der Waals surface area (Å²) < 4.78 is 8.81. The minimum absolute atomic E-state index is 0.0183. The van der Waals surface area contributed by atoms with Gasteiger partial charge in [0.15, 0.2) is 0 Å². The highest BCUT2D eigenvalue weighted by Crippen LogP contribution is 2.20. The summed E-state index contributed by atoms with van der Waals surface area (Å²) in [7, 11) is 0. The van der Waals surface area contributed by atoms with E-state index in [1.165, 1.54) is 0 Å². The van der Waals surface area contributed by atoms with Crippen molar-refractivity contribution in [1.82, 2.24) is 19.7 Å². The molecule has 0 radical (unpaired) electrons. The first kappa shape index (κ1) is 17.4. The number of pyridine rings is 1. The molecule has 2 aromatic heterocycles. The first-order valence-electron chi connectivity index (χ1n) is 8.73. The van der Waals surface area contributed by atoms with Crippen molar-refractivity contribution in [2.75, 3.05) is 13.2 Å². The van der Waals surface area contributed by atoms with E-state index in [0.717, 1.165) is 30.5 Å². The molecule has 0 saturated carbocycles. The molecule has 0 fully saturated rings. The van der Waals surface area contributed by atoms with E-state index < -0.39 is 0 Å². The maximum Gasteiger partial charge on any atom is 0.250 e. The summed E-state index contributed by atoms with van der Waals surface area (Å²) in [6, 6.07) is 5.48. The Balaban J connectivity index is 1.68. The summed E-state index contributed by atoms with van der Waals surface area (Å²) >= 11 is 0. The second-order valence-electron chi connectivity index (χ2n) is 6.21.